The highest BCUT2D eigenvalue weighted by Gasteiger charge is 2.35. The van der Waals surface area contributed by atoms with Crippen molar-refractivity contribution in [2.45, 2.75) is 39.0 Å². The van der Waals surface area contributed by atoms with E-state index in [-0.39, 0.29) is 12.1 Å². The molecule has 0 saturated carbocycles. The Morgan fingerprint density at radius 1 is 1.23 bits per heavy atom. The quantitative estimate of drug-likeness (QED) is 0.639. The Labute approximate surface area is 180 Å². The van der Waals surface area contributed by atoms with E-state index >= 15 is 0 Å². The molecule has 1 aromatic carbocycles. The van der Waals surface area contributed by atoms with E-state index in [2.05, 4.69) is 20.6 Å². The van der Waals surface area contributed by atoms with Crippen molar-refractivity contribution in [3.63, 3.8) is 0 Å². The first kappa shape index (κ1) is 20.7. The van der Waals surface area contributed by atoms with Crippen molar-refractivity contribution < 1.29 is 18.8 Å². The number of nitrogens with one attached hydrogen (secondary N) is 1. The van der Waals surface area contributed by atoms with E-state index < -0.39 is 5.60 Å². The van der Waals surface area contributed by atoms with Crippen LogP contribution < -0.4 is 10.1 Å². The molecule has 1 aliphatic heterocycles. The molecule has 10 nitrogen and oxygen atoms in total. The zero-order valence-corrected chi connectivity index (χ0v) is 18.0. The third-order valence-electron chi connectivity index (χ3n) is 4.73. The smallest absolute Gasteiger partial charge is 0.410 e. The summed E-state index contributed by atoms with van der Waals surface area (Å²) in [7, 11) is 1.62. The molecule has 1 N–H and O–H groups in total. The average molecular weight is 426 g/mol. The lowest BCUT2D eigenvalue weighted by molar-refractivity contribution is -0.000353. The molecular formula is C21H26N6O4. The summed E-state index contributed by atoms with van der Waals surface area (Å²) in [5.41, 5.74) is 0.354. The number of aromatic nitrogens is 4. The fourth-order valence-corrected chi connectivity index (χ4v) is 3.08. The van der Waals surface area contributed by atoms with Gasteiger partial charge in [-0.3, -0.25) is 4.68 Å². The maximum atomic E-state index is 12.1. The molecule has 0 atom stereocenters. The van der Waals surface area contributed by atoms with Crippen LogP contribution in [0.1, 0.15) is 32.7 Å². The number of hydrogen-bond donors (Lipinski definition) is 1. The summed E-state index contributed by atoms with van der Waals surface area (Å²) < 4.78 is 17.7. The summed E-state index contributed by atoms with van der Waals surface area (Å²) in [5, 5.41) is 11.7. The molecule has 1 aliphatic rings. The van der Waals surface area contributed by atoms with Crippen LogP contribution in [0.3, 0.4) is 0 Å². The lowest BCUT2D eigenvalue weighted by atomic mass is 10.1. The summed E-state index contributed by atoms with van der Waals surface area (Å²) in [6.07, 6.45) is 1.59. The first-order valence-electron chi connectivity index (χ1n) is 10.0. The molecule has 3 heterocycles. The SMILES string of the molecule is COc1ccc(-c2noc(CNc3ccn(C4CN(C(=O)OC(C)(C)C)C4)n3)n2)cc1. The van der Waals surface area contributed by atoms with E-state index in [1.54, 1.807) is 12.0 Å². The number of carbonyl (C=O) groups is 1. The van der Waals surface area contributed by atoms with Crippen molar-refractivity contribution in [2.75, 3.05) is 25.5 Å². The van der Waals surface area contributed by atoms with Gasteiger partial charge in [0.1, 0.15) is 17.2 Å². The van der Waals surface area contributed by atoms with Crippen LogP contribution in [-0.2, 0) is 11.3 Å². The van der Waals surface area contributed by atoms with Gasteiger partial charge in [-0.25, -0.2) is 4.79 Å². The Morgan fingerprint density at radius 3 is 2.65 bits per heavy atom. The topological polar surface area (TPSA) is 108 Å². The van der Waals surface area contributed by atoms with Gasteiger partial charge in [0.2, 0.25) is 11.7 Å². The van der Waals surface area contributed by atoms with Gasteiger partial charge in [0.25, 0.3) is 0 Å². The molecule has 0 spiro atoms. The monoisotopic (exact) mass is 426 g/mol. The van der Waals surface area contributed by atoms with Crippen LogP contribution in [0.5, 0.6) is 5.75 Å². The number of nitrogens with zero attached hydrogens (tertiary/aromatic N) is 5. The lowest BCUT2D eigenvalue weighted by Gasteiger charge is -2.39. The van der Waals surface area contributed by atoms with Crippen LogP contribution >= 0.6 is 0 Å². The van der Waals surface area contributed by atoms with Gasteiger partial charge in [-0.2, -0.15) is 10.1 Å². The Morgan fingerprint density at radius 2 is 1.97 bits per heavy atom. The summed E-state index contributed by atoms with van der Waals surface area (Å²) in [6.45, 7) is 7.08. The highest BCUT2D eigenvalue weighted by molar-refractivity contribution is 5.69. The van der Waals surface area contributed by atoms with E-state index in [1.165, 1.54) is 0 Å². The van der Waals surface area contributed by atoms with Crippen LogP contribution in [-0.4, -0.2) is 56.7 Å². The molecule has 0 radical (unpaired) electrons. The van der Waals surface area contributed by atoms with Crippen molar-refractivity contribution >= 4 is 11.9 Å². The maximum Gasteiger partial charge on any atom is 0.410 e. The zero-order chi connectivity index (χ0) is 22.0. The van der Waals surface area contributed by atoms with E-state index in [9.17, 15) is 4.79 Å². The fourth-order valence-electron chi connectivity index (χ4n) is 3.08. The summed E-state index contributed by atoms with van der Waals surface area (Å²) in [5.74, 6) is 2.44. The highest BCUT2D eigenvalue weighted by Crippen LogP contribution is 2.24. The van der Waals surface area contributed by atoms with Gasteiger partial charge in [-0.05, 0) is 45.0 Å². The minimum Gasteiger partial charge on any atom is -0.497 e. The minimum absolute atomic E-state index is 0.133. The normalized spacial score (nSPS) is 14.3. The maximum absolute atomic E-state index is 12.1. The van der Waals surface area contributed by atoms with Gasteiger partial charge in [-0.15, -0.1) is 0 Å². The lowest BCUT2D eigenvalue weighted by Crippen LogP contribution is -2.52. The minimum atomic E-state index is -0.493. The van der Waals surface area contributed by atoms with Gasteiger partial charge >= 0.3 is 6.09 Å². The predicted molar refractivity (Wildman–Crippen MR) is 113 cm³/mol. The molecule has 1 saturated heterocycles. The Kier molecular flexibility index (Phi) is 5.53. The summed E-state index contributed by atoms with van der Waals surface area (Å²) in [4.78, 5) is 18.1. The predicted octanol–water partition coefficient (Wildman–Crippen LogP) is 3.35. The van der Waals surface area contributed by atoms with Crippen LogP contribution in [0, 0.1) is 0 Å². The molecule has 164 valence electrons. The summed E-state index contributed by atoms with van der Waals surface area (Å²) in [6, 6.07) is 9.45. The van der Waals surface area contributed by atoms with E-state index in [4.69, 9.17) is 14.0 Å². The van der Waals surface area contributed by atoms with Crippen LogP contribution in [0.15, 0.2) is 41.1 Å². The molecule has 4 rings (SSSR count). The molecule has 3 aromatic rings. The van der Waals surface area contributed by atoms with Crippen molar-refractivity contribution in [3.05, 3.63) is 42.4 Å². The molecule has 2 aromatic heterocycles. The van der Waals surface area contributed by atoms with Gasteiger partial charge < -0.3 is 24.2 Å². The molecule has 0 unspecified atom stereocenters. The van der Waals surface area contributed by atoms with Crippen molar-refractivity contribution in [1.82, 2.24) is 24.8 Å². The van der Waals surface area contributed by atoms with Crippen LogP contribution in [0.25, 0.3) is 11.4 Å². The van der Waals surface area contributed by atoms with Gasteiger partial charge in [0.05, 0.1) is 19.7 Å². The van der Waals surface area contributed by atoms with Gasteiger partial charge in [0, 0.05) is 30.9 Å². The third-order valence-corrected chi connectivity index (χ3v) is 4.73. The van der Waals surface area contributed by atoms with Crippen molar-refractivity contribution in [3.8, 4) is 17.1 Å². The van der Waals surface area contributed by atoms with Crippen molar-refractivity contribution in [2.24, 2.45) is 0 Å². The van der Waals surface area contributed by atoms with Gasteiger partial charge in [-0.1, -0.05) is 5.16 Å². The Bertz CT molecular complexity index is 1030. The van der Waals surface area contributed by atoms with E-state index in [1.807, 2.05) is 62.0 Å². The number of likely N-dealkylation sites (tertiary alicyclic amines) is 1. The number of carbonyl (C=O) groups excluding carboxylic acids is 1. The van der Waals surface area contributed by atoms with Gasteiger partial charge in [0.15, 0.2) is 0 Å². The number of anilines is 1. The van der Waals surface area contributed by atoms with E-state index in [0.717, 1.165) is 11.3 Å². The largest absolute Gasteiger partial charge is 0.497 e. The number of methoxy groups -OCH3 is 1. The number of hydrogen-bond acceptors (Lipinski definition) is 8. The molecule has 1 amide bonds. The zero-order valence-electron chi connectivity index (χ0n) is 18.0. The fraction of sp³-hybridized carbons (Fsp3) is 0.429. The van der Waals surface area contributed by atoms with Crippen LogP contribution in [0.4, 0.5) is 10.6 Å². The first-order valence-corrected chi connectivity index (χ1v) is 10.0. The second-order valence-electron chi connectivity index (χ2n) is 8.31. The second-order valence-corrected chi connectivity index (χ2v) is 8.31. The molecule has 1 fully saturated rings. The van der Waals surface area contributed by atoms with E-state index in [0.29, 0.717) is 37.2 Å². The second kappa shape index (κ2) is 8.29. The summed E-state index contributed by atoms with van der Waals surface area (Å²) >= 11 is 0. The standard InChI is InChI=1S/C21H26N6O4/c1-21(2,3)30-20(28)26-12-15(13-26)27-10-9-17(24-27)22-11-18-23-19(25-31-18)14-5-7-16(29-4)8-6-14/h5-10,15H,11-13H2,1-4H3,(H,22,24). The number of ether oxygens (including phenoxy) is 2. The molecule has 0 bridgehead atoms. The Hall–Kier alpha value is -3.56. The number of benzene rings is 1. The molecular weight excluding hydrogens is 400 g/mol. The van der Waals surface area contributed by atoms with Crippen LogP contribution in [0.2, 0.25) is 0 Å². The molecule has 31 heavy (non-hydrogen) atoms. The highest BCUT2D eigenvalue weighted by atomic mass is 16.6. The Balaban J connectivity index is 1.28. The first-order chi connectivity index (χ1) is 14.8. The molecule has 10 heteroatoms. The van der Waals surface area contributed by atoms with Crippen molar-refractivity contribution in [1.29, 1.82) is 0 Å². The number of amides is 1. The molecule has 0 aliphatic carbocycles. The number of rotatable bonds is 6. The third kappa shape index (κ3) is 4.96. The average Bonchev–Trinajstić information content (AvgIpc) is 3.33.